The van der Waals surface area contributed by atoms with E-state index in [1.54, 1.807) is 19.1 Å². The summed E-state index contributed by atoms with van der Waals surface area (Å²) in [5.74, 6) is -1.91. The number of ether oxygens (including phenoxy) is 2. The van der Waals surface area contributed by atoms with Crippen molar-refractivity contribution in [2.75, 3.05) is 38.4 Å². The number of nitrogens with zero attached hydrogens (tertiary/aromatic N) is 2. The van der Waals surface area contributed by atoms with Gasteiger partial charge in [-0.2, -0.15) is 0 Å². The van der Waals surface area contributed by atoms with Gasteiger partial charge in [0, 0.05) is 31.8 Å². The number of Topliss-reactive ketones (excluding diaryl/α,β-unsaturated/α-hetero) is 1. The fraction of sp³-hybridized carbons (Fsp3) is 0.694. The average Bonchev–Trinajstić information content (AvgIpc) is 3.78. The summed E-state index contributed by atoms with van der Waals surface area (Å²) in [4.78, 5) is 67.6. The number of imide groups is 1. The average molecular weight is 672 g/mol. The first-order valence-electron chi connectivity index (χ1n) is 17.8. The van der Waals surface area contributed by atoms with Crippen LogP contribution in [-0.4, -0.2) is 79.5 Å². The van der Waals surface area contributed by atoms with Crippen molar-refractivity contribution in [3.8, 4) is 5.75 Å². The summed E-state index contributed by atoms with van der Waals surface area (Å²) in [6.07, 6.45) is 17.6. The number of likely N-dealkylation sites (N-methyl/N-ethyl adjacent to an activating group) is 1. The van der Waals surface area contributed by atoms with Crippen molar-refractivity contribution in [3.63, 3.8) is 0 Å². The van der Waals surface area contributed by atoms with Crippen LogP contribution in [0, 0.1) is 5.41 Å². The number of ketones is 1. The molecular formula is C36H57N5O7. The predicted octanol–water partition coefficient (Wildman–Crippen LogP) is 6.84. The van der Waals surface area contributed by atoms with Gasteiger partial charge in [-0.25, -0.2) is 14.5 Å². The van der Waals surface area contributed by atoms with Crippen LogP contribution in [0.2, 0.25) is 0 Å². The molecule has 3 rings (SSSR count). The quantitative estimate of drug-likeness (QED) is 0.0656. The monoisotopic (exact) mass is 671 g/mol. The van der Waals surface area contributed by atoms with Gasteiger partial charge in [0.1, 0.15) is 5.75 Å². The van der Waals surface area contributed by atoms with E-state index >= 15 is 0 Å². The van der Waals surface area contributed by atoms with Gasteiger partial charge in [-0.1, -0.05) is 97.3 Å². The predicted molar refractivity (Wildman–Crippen MR) is 186 cm³/mol. The molecular weight excluding hydrogens is 614 g/mol. The molecule has 1 aliphatic heterocycles. The molecule has 3 N–H and O–H groups in total. The summed E-state index contributed by atoms with van der Waals surface area (Å²) < 4.78 is 10.5. The van der Waals surface area contributed by atoms with Crippen molar-refractivity contribution in [1.82, 2.24) is 15.1 Å². The van der Waals surface area contributed by atoms with Crippen LogP contribution in [0.1, 0.15) is 117 Å². The number of urea groups is 2. The number of unbranched alkanes of at least 4 members (excludes halogenated alkanes) is 13. The van der Waals surface area contributed by atoms with E-state index in [0.717, 1.165) is 24.2 Å². The molecule has 1 aromatic rings. The molecule has 2 atom stereocenters. The zero-order chi connectivity index (χ0) is 35.1. The second-order valence-corrected chi connectivity index (χ2v) is 13.4. The second-order valence-electron chi connectivity index (χ2n) is 13.4. The molecule has 1 saturated heterocycles. The molecule has 1 aliphatic carbocycles. The highest BCUT2D eigenvalue weighted by Crippen LogP contribution is 2.47. The molecule has 12 nitrogen and oxygen atoms in total. The van der Waals surface area contributed by atoms with Gasteiger partial charge in [-0.3, -0.25) is 19.3 Å². The summed E-state index contributed by atoms with van der Waals surface area (Å²) in [6, 6.07) is 1.81. The van der Waals surface area contributed by atoms with Crippen molar-refractivity contribution in [1.29, 1.82) is 0 Å². The Morgan fingerprint density at radius 3 is 1.94 bits per heavy atom. The van der Waals surface area contributed by atoms with E-state index in [1.807, 2.05) is 0 Å². The van der Waals surface area contributed by atoms with Crippen LogP contribution in [0.4, 0.5) is 21.0 Å². The van der Waals surface area contributed by atoms with Crippen molar-refractivity contribution >= 4 is 41.0 Å². The number of carbonyl (C=O) groups is 5. The minimum absolute atomic E-state index is 0.168. The van der Waals surface area contributed by atoms with Crippen molar-refractivity contribution in [3.05, 3.63) is 18.2 Å². The SMILES string of the molecule is CCCCCCCCCCCCCCCCNC(=O)Nc1ccc(OC)c(NC(=O)C(C(=O)C2(C)CC2)N2C(=O)C(OC)N(C)C2=O)c1. The molecule has 1 aromatic carbocycles. The zero-order valence-electron chi connectivity index (χ0n) is 29.7. The first-order chi connectivity index (χ1) is 23.1. The molecule has 1 saturated carbocycles. The Bertz CT molecular complexity index is 1250. The molecule has 268 valence electrons. The standard InChI is InChI=1S/C36H57N5O7/c1-6-7-8-9-10-11-12-13-14-15-16-17-18-19-24-37-34(45)38-26-20-21-28(47-4)27(25-26)39-31(43)29(30(42)36(2)22-23-36)41-32(44)33(48-5)40(3)35(41)46/h20-21,25,29,33H,6-19,22-24H2,1-5H3,(H,39,43)(H2,37,38,45). The number of carbonyl (C=O) groups excluding carboxylic acids is 5. The van der Waals surface area contributed by atoms with E-state index in [1.165, 1.54) is 98.0 Å². The number of hydrogen-bond donors (Lipinski definition) is 3. The Labute approximate surface area is 286 Å². The number of benzene rings is 1. The number of anilines is 2. The van der Waals surface area contributed by atoms with E-state index in [-0.39, 0.29) is 17.5 Å². The van der Waals surface area contributed by atoms with Crippen molar-refractivity contribution < 1.29 is 33.4 Å². The third-order valence-corrected chi connectivity index (χ3v) is 9.41. The van der Waals surface area contributed by atoms with Gasteiger partial charge in [0.2, 0.25) is 6.23 Å². The molecule has 48 heavy (non-hydrogen) atoms. The van der Waals surface area contributed by atoms with Crippen LogP contribution >= 0.6 is 0 Å². The molecule has 0 radical (unpaired) electrons. The van der Waals surface area contributed by atoms with Crippen LogP contribution in [0.5, 0.6) is 5.75 Å². The Balaban J connectivity index is 1.46. The summed E-state index contributed by atoms with van der Waals surface area (Å²) >= 11 is 0. The lowest BCUT2D eigenvalue weighted by atomic mass is 9.95. The number of hydrogen-bond acceptors (Lipinski definition) is 7. The molecule has 1 heterocycles. The number of methoxy groups -OCH3 is 2. The first kappa shape index (κ1) is 38.8. The lowest BCUT2D eigenvalue weighted by Gasteiger charge is -2.26. The van der Waals surface area contributed by atoms with Crippen LogP contribution in [-0.2, 0) is 19.1 Å². The van der Waals surface area contributed by atoms with E-state index < -0.39 is 41.3 Å². The maximum Gasteiger partial charge on any atom is 0.330 e. The van der Waals surface area contributed by atoms with Crippen molar-refractivity contribution in [2.45, 2.75) is 129 Å². The van der Waals surface area contributed by atoms with Gasteiger partial charge >= 0.3 is 12.1 Å². The highest BCUT2D eigenvalue weighted by atomic mass is 16.5. The molecule has 2 unspecified atom stereocenters. The topological polar surface area (TPSA) is 146 Å². The molecule has 6 amide bonds. The van der Waals surface area contributed by atoms with Crippen LogP contribution in [0.15, 0.2) is 18.2 Å². The Morgan fingerprint density at radius 2 is 1.44 bits per heavy atom. The third kappa shape index (κ3) is 10.9. The van der Waals surface area contributed by atoms with Gasteiger partial charge in [0.05, 0.1) is 12.8 Å². The largest absolute Gasteiger partial charge is 0.495 e. The Hall–Kier alpha value is -3.67. The third-order valence-electron chi connectivity index (χ3n) is 9.41. The highest BCUT2D eigenvalue weighted by molar-refractivity contribution is 6.20. The minimum atomic E-state index is -1.70. The molecule has 12 heteroatoms. The van der Waals surface area contributed by atoms with E-state index in [2.05, 4.69) is 22.9 Å². The van der Waals surface area contributed by atoms with Gasteiger partial charge in [0.15, 0.2) is 11.8 Å². The van der Waals surface area contributed by atoms with Crippen molar-refractivity contribution in [2.24, 2.45) is 5.41 Å². The fourth-order valence-electron chi connectivity index (χ4n) is 6.04. The zero-order valence-corrected chi connectivity index (χ0v) is 29.7. The second kappa shape index (κ2) is 19.4. The summed E-state index contributed by atoms with van der Waals surface area (Å²) in [6.45, 7) is 4.50. The smallest absolute Gasteiger partial charge is 0.330 e. The Kier molecular flexibility index (Phi) is 15.6. The number of amides is 6. The summed E-state index contributed by atoms with van der Waals surface area (Å²) in [5.41, 5.74) is -0.263. The number of rotatable bonds is 23. The van der Waals surface area contributed by atoms with Crippen LogP contribution in [0.25, 0.3) is 0 Å². The molecule has 0 spiro atoms. The molecule has 2 fully saturated rings. The highest BCUT2D eigenvalue weighted by Gasteiger charge is 2.57. The van der Waals surface area contributed by atoms with Crippen LogP contribution < -0.4 is 20.7 Å². The number of nitrogens with one attached hydrogen (secondary N) is 3. The summed E-state index contributed by atoms with van der Waals surface area (Å²) in [7, 11) is 4.06. The van der Waals surface area contributed by atoms with Gasteiger partial charge < -0.3 is 25.4 Å². The lowest BCUT2D eigenvalue weighted by Crippen LogP contribution is -2.54. The van der Waals surface area contributed by atoms with Crippen LogP contribution in [0.3, 0.4) is 0 Å². The maximum atomic E-state index is 13.7. The van der Waals surface area contributed by atoms with E-state index in [9.17, 15) is 24.0 Å². The van der Waals surface area contributed by atoms with E-state index in [4.69, 9.17) is 9.47 Å². The van der Waals surface area contributed by atoms with Gasteiger partial charge in [-0.05, 0) is 37.5 Å². The van der Waals surface area contributed by atoms with Gasteiger partial charge in [-0.15, -0.1) is 0 Å². The lowest BCUT2D eigenvalue weighted by molar-refractivity contribution is -0.147. The molecule has 2 aliphatic rings. The Morgan fingerprint density at radius 1 is 0.875 bits per heavy atom. The fourth-order valence-corrected chi connectivity index (χ4v) is 6.04. The first-order valence-corrected chi connectivity index (χ1v) is 17.8. The summed E-state index contributed by atoms with van der Waals surface area (Å²) in [5, 5.41) is 8.29. The minimum Gasteiger partial charge on any atom is -0.495 e. The van der Waals surface area contributed by atoms with Gasteiger partial charge in [0.25, 0.3) is 11.8 Å². The molecule has 0 bridgehead atoms. The molecule has 0 aromatic heterocycles. The normalized spacial score (nSPS) is 17.3. The van der Waals surface area contributed by atoms with E-state index in [0.29, 0.717) is 30.0 Å². The maximum absolute atomic E-state index is 13.7.